The number of ether oxygens (including phenoxy) is 1. The molecule has 0 spiro atoms. The molecule has 1 amide bonds. The fraction of sp³-hybridized carbons (Fsp3) is 0.682. The largest absolute Gasteiger partial charge is 0.376 e. The van der Waals surface area contributed by atoms with E-state index in [4.69, 9.17) is 4.74 Å². The quantitative estimate of drug-likeness (QED) is 0.718. The van der Waals surface area contributed by atoms with Gasteiger partial charge in [0.05, 0.1) is 5.60 Å². The zero-order valence-electron chi connectivity index (χ0n) is 17.2. The van der Waals surface area contributed by atoms with Crippen LogP contribution >= 0.6 is 0 Å². The van der Waals surface area contributed by atoms with E-state index in [-0.39, 0.29) is 17.4 Å². The van der Waals surface area contributed by atoms with Gasteiger partial charge in [0.2, 0.25) is 5.91 Å². The van der Waals surface area contributed by atoms with Crippen molar-refractivity contribution >= 4 is 5.91 Å². The summed E-state index contributed by atoms with van der Waals surface area (Å²) < 4.78 is 5.90. The van der Waals surface area contributed by atoms with E-state index < -0.39 is 0 Å². The van der Waals surface area contributed by atoms with E-state index in [0.29, 0.717) is 12.3 Å². The molecule has 0 bridgehead atoms. The van der Waals surface area contributed by atoms with Gasteiger partial charge in [-0.1, -0.05) is 29.8 Å². The van der Waals surface area contributed by atoms with Crippen LogP contribution in [0.25, 0.3) is 0 Å². The Kier molecular flexibility index (Phi) is 7.66. The van der Waals surface area contributed by atoms with Crippen molar-refractivity contribution in [3.8, 4) is 0 Å². The highest BCUT2D eigenvalue weighted by molar-refractivity contribution is 5.76. The third-order valence-corrected chi connectivity index (χ3v) is 5.32. The summed E-state index contributed by atoms with van der Waals surface area (Å²) in [7, 11) is 4.12. The van der Waals surface area contributed by atoms with Crippen LogP contribution in [0.15, 0.2) is 24.3 Å². The van der Waals surface area contributed by atoms with Gasteiger partial charge >= 0.3 is 0 Å². The smallest absolute Gasteiger partial charge is 0.220 e. The first kappa shape index (κ1) is 20.9. The summed E-state index contributed by atoms with van der Waals surface area (Å²) in [6.45, 7) is 8.95. The van der Waals surface area contributed by atoms with Crippen molar-refractivity contribution in [3.05, 3.63) is 35.4 Å². The van der Waals surface area contributed by atoms with Crippen molar-refractivity contribution in [2.45, 2.75) is 58.0 Å². The summed E-state index contributed by atoms with van der Waals surface area (Å²) >= 11 is 0. The molecular weight excluding hydrogens is 324 g/mol. The van der Waals surface area contributed by atoms with Crippen molar-refractivity contribution in [3.63, 3.8) is 0 Å². The SMILES string of the molecule is Cc1ccc([C@@H](CC(=O)NCCCN(C)C)[C@@H]2CCOC(C)(C)C2)cc1. The lowest BCUT2D eigenvalue weighted by molar-refractivity contribution is -0.123. The van der Waals surface area contributed by atoms with E-state index in [1.807, 2.05) is 0 Å². The number of rotatable bonds is 8. The minimum atomic E-state index is -0.103. The predicted octanol–water partition coefficient (Wildman–Crippen LogP) is 3.74. The molecule has 146 valence electrons. The number of hydrogen-bond acceptors (Lipinski definition) is 3. The highest BCUT2D eigenvalue weighted by Crippen LogP contribution is 2.40. The number of hydrogen-bond donors (Lipinski definition) is 1. The summed E-state index contributed by atoms with van der Waals surface area (Å²) in [5.41, 5.74) is 2.43. The minimum absolute atomic E-state index is 0.103. The van der Waals surface area contributed by atoms with Crippen LogP contribution in [0.2, 0.25) is 0 Å². The van der Waals surface area contributed by atoms with Gasteiger partial charge in [-0.2, -0.15) is 0 Å². The molecule has 1 aromatic rings. The Labute approximate surface area is 159 Å². The summed E-state index contributed by atoms with van der Waals surface area (Å²) in [4.78, 5) is 14.7. The van der Waals surface area contributed by atoms with Gasteiger partial charge in [0.1, 0.15) is 0 Å². The van der Waals surface area contributed by atoms with Gasteiger partial charge in [-0.3, -0.25) is 4.79 Å². The molecule has 0 saturated carbocycles. The second-order valence-electron chi connectivity index (χ2n) is 8.59. The summed E-state index contributed by atoms with van der Waals surface area (Å²) in [5, 5.41) is 3.11. The maximum Gasteiger partial charge on any atom is 0.220 e. The Morgan fingerprint density at radius 3 is 2.62 bits per heavy atom. The van der Waals surface area contributed by atoms with Crippen molar-refractivity contribution in [1.82, 2.24) is 10.2 Å². The fourth-order valence-corrected chi connectivity index (χ4v) is 3.89. The van der Waals surface area contributed by atoms with Crippen LogP contribution in [-0.4, -0.2) is 50.2 Å². The molecule has 1 aliphatic rings. The average Bonchev–Trinajstić information content (AvgIpc) is 2.56. The molecule has 0 radical (unpaired) electrons. The Morgan fingerprint density at radius 1 is 1.31 bits per heavy atom. The first-order valence-electron chi connectivity index (χ1n) is 9.89. The predicted molar refractivity (Wildman–Crippen MR) is 107 cm³/mol. The van der Waals surface area contributed by atoms with Crippen LogP contribution in [0, 0.1) is 12.8 Å². The Hall–Kier alpha value is -1.39. The lowest BCUT2D eigenvalue weighted by Crippen LogP contribution is -2.37. The van der Waals surface area contributed by atoms with Crippen molar-refractivity contribution in [2.24, 2.45) is 5.92 Å². The Balaban J connectivity index is 2.03. The number of nitrogens with zero attached hydrogens (tertiary/aromatic N) is 1. The monoisotopic (exact) mass is 360 g/mol. The molecule has 1 N–H and O–H groups in total. The van der Waals surface area contributed by atoms with Crippen molar-refractivity contribution in [2.75, 3.05) is 33.8 Å². The second-order valence-corrected chi connectivity index (χ2v) is 8.59. The topological polar surface area (TPSA) is 41.6 Å². The molecule has 4 nitrogen and oxygen atoms in total. The van der Waals surface area contributed by atoms with E-state index >= 15 is 0 Å². The highest BCUT2D eigenvalue weighted by Gasteiger charge is 2.35. The lowest BCUT2D eigenvalue weighted by Gasteiger charge is -2.39. The van der Waals surface area contributed by atoms with E-state index in [2.05, 4.69) is 69.3 Å². The van der Waals surface area contributed by atoms with Gasteiger partial charge in [0.15, 0.2) is 0 Å². The zero-order chi connectivity index (χ0) is 19.2. The summed E-state index contributed by atoms with van der Waals surface area (Å²) in [6, 6.07) is 8.70. The van der Waals surface area contributed by atoms with E-state index in [1.54, 1.807) is 0 Å². The molecule has 4 heteroatoms. The number of nitrogens with one attached hydrogen (secondary N) is 1. The zero-order valence-corrected chi connectivity index (χ0v) is 17.2. The molecule has 1 heterocycles. The van der Waals surface area contributed by atoms with Crippen LogP contribution in [0.1, 0.15) is 56.6 Å². The molecule has 1 aliphatic heterocycles. The van der Waals surface area contributed by atoms with Crippen LogP contribution in [-0.2, 0) is 9.53 Å². The molecule has 0 aromatic heterocycles. The number of carbonyl (C=O) groups is 1. The Morgan fingerprint density at radius 2 is 2.00 bits per heavy atom. The number of amides is 1. The minimum Gasteiger partial charge on any atom is -0.376 e. The van der Waals surface area contributed by atoms with Gasteiger partial charge in [-0.25, -0.2) is 0 Å². The van der Waals surface area contributed by atoms with Gasteiger partial charge in [-0.05, 0) is 78.1 Å². The van der Waals surface area contributed by atoms with Crippen molar-refractivity contribution in [1.29, 1.82) is 0 Å². The van der Waals surface area contributed by atoms with Crippen LogP contribution < -0.4 is 5.32 Å². The molecule has 26 heavy (non-hydrogen) atoms. The maximum absolute atomic E-state index is 12.6. The van der Waals surface area contributed by atoms with Crippen LogP contribution in [0.3, 0.4) is 0 Å². The molecule has 0 unspecified atom stereocenters. The molecule has 1 fully saturated rings. The molecule has 1 aromatic carbocycles. The highest BCUT2D eigenvalue weighted by atomic mass is 16.5. The molecule has 1 saturated heterocycles. The summed E-state index contributed by atoms with van der Waals surface area (Å²) in [5.74, 6) is 0.903. The number of carbonyl (C=O) groups excluding carboxylic acids is 1. The average molecular weight is 361 g/mol. The van der Waals surface area contributed by atoms with Gasteiger partial charge in [-0.15, -0.1) is 0 Å². The van der Waals surface area contributed by atoms with Crippen LogP contribution in [0.5, 0.6) is 0 Å². The Bertz CT molecular complexity index is 566. The third kappa shape index (κ3) is 6.73. The van der Waals surface area contributed by atoms with Crippen LogP contribution in [0.4, 0.5) is 0 Å². The molecule has 2 rings (SSSR count). The third-order valence-electron chi connectivity index (χ3n) is 5.32. The van der Waals surface area contributed by atoms with Gasteiger partial charge in [0, 0.05) is 19.6 Å². The van der Waals surface area contributed by atoms with Gasteiger partial charge in [0.25, 0.3) is 0 Å². The number of benzene rings is 1. The van der Waals surface area contributed by atoms with E-state index in [1.165, 1.54) is 11.1 Å². The molecule has 2 atom stereocenters. The van der Waals surface area contributed by atoms with E-state index in [9.17, 15) is 4.79 Å². The fourth-order valence-electron chi connectivity index (χ4n) is 3.89. The normalized spacial score (nSPS) is 20.8. The molecular formula is C22H36N2O2. The van der Waals surface area contributed by atoms with E-state index in [0.717, 1.165) is 39.0 Å². The number of aryl methyl sites for hydroxylation is 1. The van der Waals surface area contributed by atoms with Gasteiger partial charge < -0.3 is 15.0 Å². The second kappa shape index (κ2) is 9.52. The molecule has 0 aliphatic carbocycles. The first-order chi connectivity index (χ1) is 12.3. The standard InChI is InChI=1S/C22H36N2O2/c1-17-7-9-18(10-8-17)20(19-11-14-26-22(2,3)16-19)15-21(25)23-12-6-13-24(4)5/h7-10,19-20H,6,11-16H2,1-5H3,(H,23,25)/t19-,20-/m1/s1. The van der Waals surface area contributed by atoms with Crippen molar-refractivity contribution < 1.29 is 9.53 Å². The maximum atomic E-state index is 12.6. The lowest BCUT2D eigenvalue weighted by atomic mass is 9.75. The first-order valence-corrected chi connectivity index (χ1v) is 9.89. The summed E-state index contributed by atoms with van der Waals surface area (Å²) in [6.07, 6.45) is 3.57.